The summed E-state index contributed by atoms with van der Waals surface area (Å²) in [6.07, 6.45) is 36.7. The minimum Gasteiger partial charge on any atom is -0.370 e. The van der Waals surface area contributed by atoms with Gasteiger partial charge in [-0.1, -0.05) is 168 Å². The maximum absolute atomic E-state index is 14.0. The summed E-state index contributed by atoms with van der Waals surface area (Å²) >= 11 is 0. The van der Waals surface area contributed by atoms with E-state index in [0.717, 1.165) is 50.7 Å². The summed E-state index contributed by atoms with van der Waals surface area (Å²) in [5, 5.41) is 13.9. The molecule has 0 spiro atoms. The van der Waals surface area contributed by atoms with E-state index in [2.05, 4.69) is 55.4 Å². The van der Waals surface area contributed by atoms with E-state index in [1.165, 1.54) is 128 Å². The number of nitrogens with two attached hydrogens (primary N) is 7. The topological polar surface area (TPSA) is 402 Å². The number of guanidine groups is 3. The molecular weight excluding hydrogens is 1060 g/mol. The fourth-order valence-corrected chi connectivity index (χ4v) is 9.46. The first-order valence-electron chi connectivity index (χ1n) is 31.9. The predicted molar refractivity (Wildman–Crippen MR) is 336 cm³/mol. The number of carbonyl (C=O) groups is 7. The molecule has 0 radical (unpaired) electrons. The first-order valence-corrected chi connectivity index (χ1v) is 31.9. The van der Waals surface area contributed by atoms with Gasteiger partial charge in [-0.2, -0.15) is 0 Å². The zero-order valence-electron chi connectivity index (χ0n) is 51.5. The molecule has 0 aromatic rings. The smallest absolute Gasteiger partial charge is 0.246 e. The van der Waals surface area contributed by atoms with E-state index in [9.17, 15) is 33.6 Å². The monoisotopic (exact) mass is 1170 g/mol. The summed E-state index contributed by atoms with van der Waals surface area (Å²) in [5.41, 5.74) is 38.4. The van der Waals surface area contributed by atoms with Crippen molar-refractivity contribution in [2.24, 2.45) is 55.1 Å². The lowest BCUT2D eigenvalue weighted by atomic mass is 10.0. The number of unbranched alkanes of at least 4 members (excludes halogenated alkanes) is 24. The number of primary amides is 1. The highest BCUT2D eigenvalue weighted by molar-refractivity contribution is 5.99. The van der Waals surface area contributed by atoms with Crippen LogP contribution in [0.4, 0.5) is 0 Å². The molecule has 7 amide bonds. The average molecular weight is 1170 g/mol. The molecule has 0 aromatic carbocycles. The van der Waals surface area contributed by atoms with Gasteiger partial charge in [-0.25, -0.2) is 0 Å². The van der Waals surface area contributed by atoms with Crippen molar-refractivity contribution in [3.8, 4) is 0 Å². The summed E-state index contributed by atoms with van der Waals surface area (Å²) in [6, 6.07) is -3.59. The molecule has 0 aliphatic heterocycles. The van der Waals surface area contributed by atoms with E-state index in [-0.39, 0.29) is 94.5 Å². The minimum atomic E-state index is -1.24. The van der Waals surface area contributed by atoms with Gasteiger partial charge in [0, 0.05) is 70.8 Å². The van der Waals surface area contributed by atoms with Gasteiger partial charge in [-0.05, 0) is 64.2 Å². The highest BCUT2D eigenvalue weighted by Crippen LogP contribution is 2.15. The lowest BCUT2D eigenvalue weighted by Gasteiger charge is -2.24. The molecule has 478 valence electrons. The Hall–Kier alpha value is -6.16. The molecule has 0 saturated heterocycles. The second-order valence-corrected chi connectivity index (χ2v) is 22.0. The first-order chi connectivity index (χ1) is 40.0. The zero-order valence-corrected chi connectivity index (χ0v) is 51.5. The van der Waals surface area contributed by atoms with Crippen molar-refractivity contribution in [3.63, 3.8) is 0 Å². The van der Waals surface area contributed by atoms with E-state index in [1.807, 2.05) is 0 Å². The molecule has 19 N–H and O–H groups in total. The number of nitrogens with zero attached hydrogens (tertiary/aromatic N) is 4. The maximum Gasteiger partial charge on any atom is 0.246 e. The number of amides is 7. The number of carbonyl (C=O) groups excluding carboxylic acids is 7. The molecule has 83 heavy (non-hydrogen) atoms. The van der Waals surface area contributed by atoms with E-state index >= 15 is 0 Å². The van der Waals surface area contributed by atoms with E-state index in [4.69, 9.17) is 40.1 Å². The molecule has 0 aliphatic rings. The zero-order chi connectivity index (χ0) is 61.6. The quantitative estimate of drug-likeness (QED) is 0.0156. The lowest BCUT2D eigenvalue weighted by Crippen LogP contribution is -2.56. The molecule has 0 rings (SSSR count). The molecule has 3 atom stereocenters. The number of hydrogen-bond acceptors (Lipinski definition) is 10. The van der Waals surface area contributed by atoms with Gasteiger partial charge < -0.3 is 71.6 Å². The fourth-order valence-electron chi connectivity index (χ4n) is 9.46. The molecule has 0 aliphatic carbocycles. The molecule has 0 saturated carbocycles. The highest BCUT2D eigenvalue weighted by Gasteiger charge is 2.29. The Labute approximate surface area is 498 Å². The normalized spacial score (nSPS) is 12.1. The molecular formula is C60H116N16O7. The van der Waals surface area contributed by atoms with Gasteiger partial charge in [0.05, 0.1) is 0 Å². The number of nitrogens with one attached hydrogen (secondary N) is 5. The molecule has 0 unspecified atom stereocenters. The van der Waals surface area contributed by atoms with Crippen molar-refractivity contribution in [1.29, 1.82) is 0 Å². The number of rotatable bonds is 56. The van der Waals surface area contributed by atoms with Crippen LogP contribution in [0.2, 0.25) is 0 Å². The van der Waals surface area contributed by atoms with E-state index in [0.29, 0.717) is 45.2 Å². The average Bonchev–Trinajstić information content (AvgIpc) is 3.47. The van der Waals surface area contributed by atoms with Crippen LogP contribution in [0.3, 0.4) is 0 Å². The Kier molecular flexibility index (Phi) is 49.8. The number of aliphatic imine (C=N–C) groups is 3. The van der Waals surface area contributed by atoms with Gasteiger partial charge >= 0.3 is 0 Å². The first kappa shape index (κ1) is 76.8. The Balaban J connectivity index is 5.78. The van der Waals surface area contributed by atoms with Crippen LogP contribution >= 0.6 is 0 Å². The van der Waals surface area contributed by atoms with Gasteiger partial charge in [0.15, 0.2) is 17.9 Å². The second-order valence-electron chi connectivity index (χ2n) is 22.0. The van der Waals surface area contributed by atoms with Crippen molar-refractivity contribution in [2.75, 3.05) is 45.8 Å². The number of hydrogen-bond donors (Lipinski definition) is 12. The van der Waals surface area contributed by atoms with Crippen molar-refractivity contribution < 1.29 is 33.6 Å². The van der Waals surface area contributed by atoms with Crippen molar-refractivity contribution in [1.82, 2.24) is 31.5 Å². The largest absolute Gasteiger partial charge is 0.370 e. The summed E-state index contributed by atoms with van der Waals surface area (Å²) in [6.45, 7) is 6.15. The standard InChI is InChI=1S/C60H116N16O7/c1-3-5-7-9-11-13-15-17-19-21-23-25-27-37-51(77)68-44-32-46-76(47-33-45-69-52(78)38-28-26-24-22-20-18-16-14-12-10-8-6-4-2)54(80)40-39-53(79)73-49(35-30-42-71-59(64)65)56(82)75-50(36-31-43-72-60(66)67)57(83)74-48(55(61)81)34-29-41-70-58(62)63/h39-40,48-50H,3-38,41-47H2,1-2H3,(H2,61,81)(H,68,77)(H,69,78)(H,73,79)(H,74,83)(H,75,82)(H4,62,63,70)(H4,64,65,71)(H4,66,67,72)/b40-39-/t48-,49-,50-/m0/s1. The predicted octanol–water partition coefficient (Wildman–Crippen LogP) is 5.45. The van der Waals surface area contributed by atoms with E-state index in [1.54, 1.807) is 4.90 Å². The van der Waals surface area contributed by atoms with Crippen molar-refractivity contribution >= 4 is 59.2 Å². The SMILES string of the molecule is CCCCCCCCCCCCCCCC(=O)NCCCN(CCCNC(=O)CCCCCCCCCCCCCCC)C(=O)/C=C\C(=O)N[C@@H](CCCN=C(N)N)C(=O)N[C@@H](CCCN=C(N)N)C(=O)N[C@@H](CCCN=C(N)N)C(N)=O. The molecule has 0 aromatic heterocycles. The molecule has 0 fully saturated rings. The van der Waals surface area contributed by atoms with Crippen molar-refractivity contribution in [3.05, 3.63) is 12.2 Å². The van der Waals surface area contributed by atoms with Crippen LogP contribution in [0.15, 0.2) is 27.1 Å². The molecule has 0 bridgehead atoms. The highest BCUT2D eigenvalue weighted by atomic mass is 16.2. The third kappa shape index (κ3) is 49.0. The Bertz CT molecular complexity index is 1820. The molecule has 23 nitrogen and oxygen atoms in total. The van der Waals surface area contributed by atoms with Gasteiger partial charge in [0.2, 0.25) is 41.4 Å². The van der Waals surface area contributed by atoms with Crippen LogP contribution < -0.4 is 66.7 Å². The fraction of sp³-hybridized carbons (Fsp3) is 0.800. The summed E-state index contributed by atoms with van der Waals surface area (Å²) in [7, 11) is 0. The van der Waals surface area contributed by atoms with Crippen LogP contribution in [-0.2, 0) is 33.6 Å². The van der Waals surface area contributed by atoms with Crippen LogP contribution in [0.1, 0.15) is 245 Å². The van der Waals surface area contributed by atoms with Crippen LogP contribution in [-0.4, -0.2) is 128 Å². The summed E-state index contributed by atoms with van der Waals surface area (Å²) < 4.78 is 0. The second kappa shape index (κ2) is 53.8. The molecule has 0 heterocycles. The van der Waals surface area contributed by atoms with E-state index < -0.39 is 47.7 Å². The Morgan fingerprint density at radius 2 is 0.699 bits per heavy atom. The maximum atomic E-state index is 14.0. The Morgan fingerprint density at radius 1 is 0.386 bits per heavy atom. The summed E-state index contributed by atoms with van der Waals surface area (Å²) in [4.78, 5) is 106. The Morgan fingerprint density at radius 3 is 1.04 bits per heavy atom. The van der Waals surface area contributed by atoms with Gasteiger partial charge in [0.25, 0.3) is 0 Å². The third-order valence-corrected chi connectivity index (χ3v) is 14.3. The van der Waals surface area contributed by atoms with Crippen LogP contribution in [0.5, 0.6) is 0 Å². The third-order valence-electron chi connectivity index (χ3n) is 14.3. The summed E-state index contributed by atoms with van der Waals surface area (Å²) in [5.74, 6) is -4.08. The van der Waals surface area contributed by atoms with Gasteiger partial charge in [-0.3, -0.25) is 48.5 Å². The van der Waals surface area contributed by atoms with Gasteiger partial charge in [0.1, 0.15) is 18.1 Å². The minimum absolute atomic E-state index is 0.0233. The van der Waals surface area contributed by atoms with Crippen LogP contribution in [0, 0.1) is 0 Å². The lowest BCUT2D eigenvalue weighted by molar-refractivity contribution is -0.133. The van der Waals surface area contributed by atoms with Gasteiger partial charge in [-0.15, -0.1) is 0 Å². The van der Waals surface area contributed by atoms with Crippen molar-refractivity contribution in [2.45, 2.75) is 263 Å². The molecule has 23 heteroatoms. The van der Waals surface area contributed by atoms with Crippen LogP contribution in [0.25, 0.3) is 0 Å².